The van der Waals surface area contributed by atoms with Crippen LogP contribution in [0.2, 0.25) is 0 Å². The fourth-order valence-electron chi connectivity index (χ4n) is 2.33. The first-order chi connectivity index (χ1) is 12.0. The SMILES string of the molecule is Cc1ccc(OCCNC(=O)C(Cc2ccccc2)NC(N)=O)cc1. The summed E-state index contributed by atoms with van der Waals surface area (Å²) in [5.41, 5.74) is 7.26. The number of rotatable bonds is 8. The number of carbonyl (C=O) groups is 2. The molecule has 0 saturated heterocycles. The van der Waals surface area contributed by atoms with E-state index in [1.54, 1.807) is 0 Å². The Morgan fingerprint density at radius 1 is 1.08 bits per heavy atom. The average molecular weight is 341 g/mol. The van der Waals surface area contributed by atoms with Gasteiger partial charge in [0.15, 0.2) is 0 Å². The van der Waals surface area contributed by atoms with Crippen molar-refractivity contribution in [1.29, 1.82) is 0 Å². The van der Waals surface area contributed by atoms with Gasteiger partial charge in [0.1, 0.15) is 18.4 Å². The van der Waals surface area contributed by atoms with Crippen molar-refractivity contribution in [3.8, 4) is 5.75 Å². The fraction of sp³-hybridized carbons (Fsp3) is 0.263. The Kier molecular flexibility index (Phi) is 6.83. The maximum absolute atomic E-state index is 12.3. The fourth-order valence-corrected chi connectivity index (χ4v) is 2.33. The molecule has 3 amide bonds. The van der Waals surface area contributed by atoms with Crippen molar-refractivity contribution in [2.24, 2.45) is 5.73 Å². The van der Waals surface area contributed by atoms with Crippen molar-refractivity contribution in [2.45, 2.75) is 19.4 Å². The first-order valence-electron chi connectivity index (χ1n) is 8.11. The zero-order valence-corrected chi connectivity index (χ0v) is 14.2. The molecule has 0 fully saturated rings. The van der Waals surface area contributed by atoms with Crippen molar-refractivity contribution >= 4 is 11.9 Å². The molecule has 0 radical (unpaired) electrons. The zero-order chi connectivity index (χ0) is 18.1. The van der Waals surface area contributed by atoms with E-state index < -0.39 is 12.1 Å². The lowest BCUT2D eigenvalue weighted by atomic mass is 10.1. The summed E-state index contributed by atoms with van der Waals surface area (Å²) in [7, 11) is 0. The minimum absolute atomic E-state index is 0.296. The van der Waals surface area contributed by atoms with Crippen LogP contribution in [0.25, 0.3) is 0 Å². The summed E-state index contributed by atoms with van der Waals surface area (Å²) >= 11 is 0. The van der Waals surface area contributed by atoms with Crippen LogP contribution in [0.3, 0.4) is 0 Å². The molecule has 0 aliphatic rings. The van der Waals surface area contributed by atoms with E-state index in [1.165, 1.54) is 0 Å². The van der Waals surface area contributed by atoms with E-state index in [9.17, 15) is 9.59 Å². The Bertz CT molecular complexity index is 687. The second kappa shape index (κ2) is 9.32. The van der Waals surface area contributed by atoms with Crippen molar-refractivity contribution in [3.05, 3.63) is 65.7 Å². The second-order valence-corrected chi connectivity index (χ2v) is 5.70. The van der Waals surface area contributed by atoms with Crippen molar-refractivity contribution in [1.82, 2.24) is 10.6 Å². The molecule has 0 spiro atoms. The maximum atomic E-state index is 12.3. The lowest BCUT2D eigenvalue weighted by Crippen LogP contribution is -2.50. The number of benzene rings is 2. The molecule has 0 bridgehead atoms. The molecule has 2 aromatic carbocycles. The highest BCUT2D eigenvalue weighted by atomic mass is 16.5. The number of nitrogens with one attached hydrogen (secondary N) is 2. The number of primary amides is 1. The smallest absolute Gasteiger partial charge is 0.312 e. The average Bonchev–Trinajstić information content (AvgIpc) is 2.60. The van der Waals surface area contributed by atoms with Gasteiger partial charge < -0.3 is 21.1 Å². The van der Waals surface area contributed by atoms with Crippen molar-refractivity contribution in [3.63, 3.8) is 0 Å². The van der Waals surface area contributed by atoms with Crippen LogP contribution in [0.15, 0.2) is 54.6 Å². The van der Waals surface area contributed by atoms with Crippen LogP contribution in [-0.2, 0) is 11.2 Å². The van der Waals surface area contributed by atoms with Crippen LogP contribution in [0, 0.1) is 6.92 Å². The van der Waals surface area contributed by atoms with E-state index >= 15 is 0 Å². The molecule has 4 N–H and O–H groups in total. The van der Waals surface area contributed by atoms with Gasteiger partial charge in [0.2, 0.25) is 5.91 Å². The van der Waals surface area contributed by atoms with Crippen LogP contribution in [0.1, 0.15) is 11.1 Å². The van der Waals surface area contributed by atoms with Crippen molar-refractivity contribution in [2.75, 3.05) is 13.2 Å². The predicted octanol–water partition coefficient (Wildman–Crippen LogP) is 1.77. The summed E-state index contributed by atoms with van der Waals surface area (Å²) in [6.07, 6.45) is 0.369. The summed E-state index contributed by atoms with van der Waals surface area (Å²) in [4.78, 5) is 23.5. The van der Waals surface area contributed by atoms with E-state index in [2.05, 4.69) is 10.6 Å². The highest BCUT2D eigenvalue weighted by Gasteiger charge is 2.19. The molecule has 1 unspecified atom stereocenters. The van der Waals surface area contributed by atoms with E-state index in [4.69, 9.17) is 10.5 Å². The molecule has 6 heteroatoms. The van der Waals surface area contributed by atoms with Crippen LogP contribution in [0.5, 0.6) is 5.75 Å². The van der Waals surface area contributed by atoms with Gasteiger partial charge in [-0.3, -0.25) is 4.79 Å². The molecule has 0 heterocycles. The minimum Gasteiger partial charge on any atom is -0.492 e. The van der Waals surface area contributed by atoms with Crippen LogP contribution >= 0.6 is 0 Å². The van der Waals surface area contributed by atoms with E-state index in [0.717, 1.165) is 16.9 Å². The van der Waals surface area contributed by atoms with Crippen LogP contribution in [-0.4, -0.2) is 31.1 Å². The van der Waals surface area contributed by atoms with E-state index in [1.807, 2.05) is 61.5 Å². The van der Waals surface area contributed by atoms with Gasteiger partial charge in [0.05, 0.1) is 6.54 Å². The number of carbonyl (C=O) groups excluding carboxylic acids is 2. The predicted molar refractivity (Wildman–Crippen MR) is 96.3 cm³/mol. The quantitative estimate of drug-likeness (QED) is 0.639. The molecule has 0 aromatic heterocycles. The molecule has 2 aromatic rings. The third kappa shape index (κ3) is 6.55. The van der Waals surface area contributed by atoms with Gasteiger partial charge in [-0.25, -0.2) is 4.79 Å². The molecule has 0 aliphatic carbocycles. The van der Waals surface area contributed by atoms with Gasteiger partial charge in [-0.15, -0.1) is 0 Å². The molecular weight excluding hydrogens is 318 g/mol. The van der Waals surface area contributed by atoms with Crippen LogP contribution < -0.4 is 21.1 Å². The zero-order valence-electron chi connectivity index (χ0n) is 14.2. The largest absolute Gasteiger partial charge is 0.492 e. The van der Waals surface area contributed by atoms with E-state index in [-0.39, 0.29) is 5.91 Å². The highest BCUT2D eigenvalue weighted by molar-refractivity contribution is 5.86. The Labute approximate surface area is 147 Å². The van der Waals surface area contributed by atoms with Gasteiger partial charge in [-0.05, 0) is 24.6 Å². The third-order valence-electron chi connectivity index (χ3n) is 3.61. The first-order valence-corrected chi connectivity index (χ1v) is 8.11. The third-order valence-corrected chi connectivity index (χ3v) is 3.61. The molecule has 6 nitrogen and oxygen atoms in total. The Hall–Kier alpha value is -3.02. The monoisotopic (exact) mass is 341 g/mol. The van der Waals surface area contributed by atoms with Gasteiger partial charge in [0, 0.05) is 6.42 Å². The molecule has 2 rings (SSSR count). The number of nitrogens with two attached hydrogens (primary N) is 1. The van der Waals surface area contributed by atoms with Gasteiger partial charge >= 0.3 is 6.03 Å². The summed E-state index contributed by atoms with van der Waals surface area (Å²) in [6.45, 7) is 2.67. The van der Waals surface area contributed by atoms with Gasteiger partial charge in [-0.1, -0.05) is 48.0 Å². The summed E-state index contributed by atoms with van der Waals surface area (Å²) in [6, 6.07) is 15.7. The molecule has 132 valence electrons. The number of amides is 3. The molecule has 1 atom stereocenters. The molecule has 25 heavy (non-hydrogen) atoms. The number of hydrogen-bond acceptors (Lipinski definition) is 3. The minimum atomic E-state index is -0.730. The molecule has 0 aliphatic heterocycles. The molecular formula is C19H23N3O3. The Morgan fingerprint density at radius 2 is 1.76 bits per heavy atom. The normalized spacial score (nSPS) is 11.4. The van der Waals surface area contributed by atoms with E-state index in [0.29, 0.717) is 19.6 Å². The van der Waals surface area contributed by atoms with Crippen LogP contribution in [0.4, 0.5) is 4.79 Å². The summed E-state index contributed by atoms with van der Waals surface area (Å²) in [5, 5.41) is 5.23. The first kappa shape index (κ1) is 18.3. The van der Waals surface area contributed by atoms with Gasteiger partial charge in [0.25, 0.3) is 0 Å². The maximum Gasteiger partial charge on any atom is 0.312 e. The highest BCUT2D eigenvalue weighted by Crippen LogP contribution is 2.10. The lowest BCUT2D eigenvalue weighted by Gasteiger charge is -2.17. The number of aryl methyl sites for hydroxylation is 1. The van der Waals surface area contributed by atoms with Gasteiger partial charge in [-0.2, -0.15) is 0 Å². The number of urea groups is 1. The summed E-state index contributed by atoms with van der Waals surface area (Å²) < 4.78 is 5.56. The Morgan fingerprint density at radius 3 is 2.40 bits per heavy atom. The second-order valence-electron chi connectivity index (χ2n) is 5.70. The van der Waals surface area contributed by atoms with Crippen molar-refractivity contribution < 1.29 is 14.3 Å². The summed E-state index contributed by atoms with van der Waals surface area (Å²) in [5.74, 6) is 0.450. The standard InChI is InChI=1S/C19H23N3O3/c1-14-7-9-16(10-8-14)25-12-11-21-18(23)17(22-19(20)24)13-15-5-3-2-4-6-15/h2-10,17H,11-13H2,1H3,(H,21,23)(H3,20,22,24). The lowest BCUT2D eigenvalue weighted by molar-refractivity contribution is -0.123. The topological polar surface area (TPSA) is 93.4 Å². The number of hydrogen-bond donors (Lipinski definition) is 3. The molecule has 0 saturated carbocycles. The Balaban J connectivity index is 1.82. The number of ether oxygens (including phenoxy) is 1.